The van der Waals surface area contributed by atoms with Crippen LogP contribution >= 0.6 is 0 Å². The molecule has 1 aromatic heterocycles. The average molecular weight is 379 g/mol. The zero-order chi connectivity index (χ0) is 19.9. The largest absolute Gasteiger partial charge is 0.493 e. The molecule has 0 aliphatic rings. The van der Waals surface area contributed by atoms with Crippen molar-refractivity contribution in [3.63, 3.8) is 0 Å². The first-order chi connectivity index (χ1) is 13.5. The van der Waals surface area contributed by atoms with Crippen LogP contribution in [0.15, 0.2) is 61.1 Å². The summed E-state index contributed by atoms with van der Waals surface area (Å²) >= 11 is 0. The number of hydrogen-bond acceptors (Lipinski definition) is 4. The number of aliphatic hydroxyl groups is 1. The fourth-order valence-corrected chi connectivity index (χ4v) is 2.88. The summed E-state index contributed by atoms with van der Waals surface area (Å²) in [6, 6.07) is 15.8. The predicted octanol–water partition coefficient (Wildman–Crippen LogP) is 3.33. The molecule has 28 heavy (non-hydrogen) atoms. The Morgan fingerprint density at radius 3 is 2.68 bits per heavy atom. The Labute approximate surface area is 164 Å². The smallest absolute Gasteiger partial charge is 0.271 e. The van der Waals surface area contributed by atoms with Gasteiger partial charge in [-0.1, -0.05) is 42.0 Å². The minimum atomic E-state index is -0.703. The van der Waals surface area contributed by atoms with Gasteiger partial charge in [0.25, 0.3) is 5.91 Å². The van der Waals surface area contributed by atoms with Crippen molar-refractivity contribution < 1.29 is 14.6 Å². The third-order valence-corrected chi connectivity index (χ3v) is 4.55. The molecule has 0 saturated carbocycles. The number of aromatic nitrogens is 2. The number of carbonyl (C=O) groups excluding carboxylic acids is 1. The zero-order valence-corrected chi connectivity index (χ0v) is 16.1. The van der Waals surface area contributed by atoms with Crippen LogP contribution in [0.5, 0.6) is 5.75 Å². The van der Waals surface area contributed by atoms with Gasteiger partial charge in [0.15, 0.2) is 0 Å². The Bertz CT molecular complexity index is 890. The minimum Gasteiger partial charge on any atom is -0.493 e. The predicted molar refractivity (Wildman–Crippen MR) is 108 cm³/mol. The van der Waals surface area contributed by atoms with Gasteiger partial charge in [-0.3, -0.25) is 4.79 Å². The molecule has 0 spiro atoms. The number of hydrogen-bond donors (Lipinski definition) is 3. The Hall–Kier alpha value is -3.12. The van der Waals surface area contributed by atoms with Crippen molar-refractivity contribution in [2.75, 3.05) is 6.61 Å². The topological polar surface area (TPSA) is 87.2 Å². The monoisotopic (exact) mass is 379 g/mol. The molecule has 6 heteroatoms. The number of nitrogens with zero attached hydrogens (tertiary/aromatic N) is 1. The minimum absolute atomic E-state index is 0.289. The highest BCUT2D eigenvalue weighted by Gasteiger charge is 2.19. The molecule has 3 N–H and O–H groups in total. The lowest BCUT2D eigenvalue weighted by Crippen LogP contribution is -2.43. The molecule has 1 heterocycles. The Kier molecular flexibility index (Phi) is 6.45. The van der Waals surface area contributed by atoms with Gasteiger partial charge < -0.3 is 20.1 Å². The van der Waals surface area contributed by atoms with Crippen molar-refractivity contribution >= 4 is 5.91 Å². The van der Waals surface area contributed by atoms with E-state index in [1.54, 1.807) is 6.92 Å². The van der Waals surface area contributed by atoms with Gasteiger partial charge in [-0.2, -0.15) is 0 Å². The molecule has 6 nitrogen and oxygen atoms in total. The molecule has 0 bridgehead atoms. The summed E-state index contributed by atoms with van der Waals surface area (Å²) in [6.45, 7) is 4.08. The summed E-state index contributed by atoms with van der Waals surface area (Å²) in [6.07, 6.45) is 2.73. The SMILES string of the molecule is Cc1ccc(-c2cccc(OCC[C@@H](NC(=O)c3c[nH]cn3)[C@H](C)O)c2)cc1. The molecular weight excluding hydrogens is 354 g/mol. The summed E-state index contributed by atoms with van der Waals surface area (Å²) in [5, 5.41) is 12.8. The molecule has 0 unspecified atom stereocenters. The lowest BCUT2D eigenvalue weighted by atomic mass is 10.0. The van der Waals surface area contributed by atoms with E-state index in [2.05, 4.69) is 46.5 Å². The molecule has 0 aliphatic carbocycles. The van der Waals surface area contributed by atoms with Crippen molar-refractivity contribution in [3.8, 4) is 16.9 Å². The number of rotatable bonds is 8. The van der Waals surface area contributed by atoms with Gasteiger partial charge in [0.1, 0.15) is 11.4 Å². The molecule has 3 aromatic rings. The maximum absolute atomic E-state index is 12.1. The number of benzene rings is 2. The van der Waals surface area contributed by atoms with E-state index in [1.165, 1.54) is 18.1 Å². The number of nitrogens with one attached hydrogen (secondary N) is 2. The number of ether oxygens (including phenoxy) is 1. The number of imidazole rings is 1. The van der Waals surface area contributed by atoms with Crippen molar-refractivity contribution in [1.82, 2.24) is 15.3 Å². The molecule has 0 fully saturated rings. The number of aromatic amines is 1. The second kappa shape index (κ2) is 9.19. The molecule has 2 aromatic carbocycles. The summed E-state index contributed by atoms with van der Waals surface area (Å²) in [5.74, 6) is 0.426. The van der Waals surface area contributed by atoms with Crippen molar-refractivity contribution in [2.24, 2.45) is 0 Å². The molecule has 3 rings (SSSR count). The van der Waals surface area contributed by atoms with Crippen LogP contribution in [0.25, 0.3) is 11.1 Å². The first-order valence-corrected chi connectivity index (χ1v) is 9.30. The van der Waals surface area contributed by atoms with E-state index < -0.39 is 12.1 Å². The van der Waals surface area contributed by atoms with E-state index in [4.69, 9.17) is 4.74 Å². The van der Waals surface area contributed by atoms with Gasteiger partial charge in [0.05, 0.1) is 25.1 Å². The molecule has 146 valence electrons. The van der Waals surface area contributed by atoms with E-state index in [0.29, 0.717) is 13.0 Å². The van der Waals surface area contributed by atoms with Crippen molar-refractivity contribution in [3.05, 3.63) is 72.3 Å². The Balaban J connectivity index is 1.57. The highest BCUT2D eigenvalue weighted by atomic mass is 16.5. The lowest BCUT2D eigenvalue weighted by Gasteiger charge is -2.21. The molecule has 0 aliphatic heterocycles. The number of amides is 1. The molecule has 1 amide bonds. The Morgan fingerprint density at radius 1 is 1.21 bits per heavy atom. The summed E-state index contributed by atoms with van der Waals surface area (Å²) in [7, 11) is 0. The summed E-state index contributed by atoms with van der Waals surface area (Å²) in [4.78, 5) is 18.8. The Morgan fingerprint density at radius 2 is 2.00 bits per heavy atom. The van der Waals surface area contributed by atoms with E-state index in [1.807, 2.05) is 24.3 Å². The summed E-state index contributed by atoms with van der Waals surface area (Å²) in [5.41, 5.74) is 3.72. The van der Waals surface area contributed by atoms with E-state index in [9.17, 15) is 9.90 Å². The molecule has 0 radical (unpaired) electrons. The summed E-state index contributed by atoms with van der Waals surface area (Å²) < 4.78 is 5.86. The lowest BCUT2D eigenvalue weighted by molar-refractivity contribution is 0.0827. The van der Waals surface area contributed by atoms with Crippen LogP contribution in [-0.2, 0) is 0 Å². The van der Waals surface area contributed by atoms with Gasteiger partial charge in [0.2, 0.25) is 0 Å². The standard InChI is InChI=1S/C22H25N3O3/c1-15-6-8-17(9-7-15)18-4-3-5-19(12-18)28-11-10-20(16(2)26)25-22(27)21-13-23-14-24-21/h3-9,12-14,16,20,26H,10-11H2,1-2H3,(H,23,24)(H,25,27)/t16-,20+/m0/s1. The van der Waals surface area contributed by atoms with Crippen LogP contribution < -0.4 is 10.1 Å². The van der Waals surface area contributed by atoms with Gasteiger partial charge in [-0.15, -0.1) is 0 Å². The number of aryl methyl sites for hydroxylation is 1. The van der Waals surface area contributed by atoms with Crippen molar-refractivity contribution in [2.45, 2.75) is 32.4 Å². The fraction of sp³-hybridized carbons (Fsp3) is 0.273. The quantitative estimate of drug-likeness (QED) is 0.560. The maximum Gasteiger partial charge on any atom is 0.271 e. The highest BCUT2D eigenvalue weighted by Crippen LogP contribution is 2.24. The molecule has 0 saturated heterocycles. The zero-order valence-electron chi connectivity index (χ0n) is 16.1. The van der Waals surface area contributed by atoms with Crippen LogP contribution in [0, 0.1) is 6.92 Å². The fourth-order valence-electron chi connectivity index (χ4n) is 2.88. The van der Waals surface area contributed by atoms with Crippen LogP contribution in [0.2, 0.25) is 0 Å². The number of carbonyl (C=O) groups is 1. The first-order valence-electron chi connectivity index (χ1n) is 9.30. The van der Waals surface area contributed by atoms with E-state index >= 15 is 0 Å². The van der Waals surface area contributed by atoms with Gasteiger partial charge in [-0.05, 0) is 37.1 Å². The van der Waals surface area contributed by atoms with Crippen molar-refractivity contribution in [1.29, 1.82) is 0 Å². The van der Waals surface area contributed by atoms with Crippen LogP contribution in [-0.4, -0.2) is 39.7 Å². The third kappa shape index (κ3) is 5.20. The van der Waals surface area contributed by atoms with Gasteiger partial charge >= 0.3 is 0 Å². The molecular formula is C22H25N3O3. The second-order valence-corrected chi connectivity index (χ2v) is 6.81. The van der Waals surface area contributed by atoms with E-state index in [0.717, 1.165) is 16.9 Å². The highest BCUT2D eigenvalue weighted by molar-refractivity contribution is 5.92. The van der Waals surface area contributed by atoms with Crippen LogP contribution in [0.1, 0.15) is 29.4 Å². The van der Waals surface area contributed by atoms with Crippen LogP contribution in [0.4, 0.5) is 0 Å². The number of H-pyrrole nitrogens is 1. The first kappa shape index (κ1) is 19.6. The normalized spacial score (nSPS) is 13.0. The van der Waals surface area contributed by atoms with E-state index in [-0.39, 0.29) is 11.6 Å². The van der Waals surface area contributed by atoms with Gasteiger partial charge in [0, 0.05) is 12.6 Å². The molecule has 2 atom stereocenters. The average Bonchev–Trinajstić information content (AvgIpc) is 3.23. The maximum atomic E-state index is 12.1. The number of aliphatic hydroxyl groups excluding tert-OH is 1. The van der Waals surface area contributed by atoms with Gasteiger partial charge in [-0.25, -0.2) is 4.98 Å². The van der Waals surface area contributed by atoms with Crippen LogP contribution in [0.3, 0.4) is 0 Å². The second-order valence-electron chi connectivity index (χ2n) is 6.81. The third-order valence-electron chi connectivity index (χ3n) is 4.55.